The standard InChI is InChI=1S/C14H10BrNO/c15-14-6-11(8-16)5-13(7-14)12-3-1-2-10(4-12)9-17/h1-7,17H,9H2. The summed E-state index contributed by atoms with van der Waals surface area (Å²) >= 11 is 3.39. The van der Waals surface area contributed by atoms with Crippen LogP contribution in [-0.2, 0) is 6.61 Å². The minimum Gasteiger partial charge on any atom is -0.392 e. The lowest BCUT2D eigenvalue weighted by molar-refractivity contribution is 0.282. The average Bonchev–Trinajstić information content (AvgIpc) is 2.38. The van der Waals surface area contributed by atoms with Gasteiger partial charge in [-0.1, -0.05) is 34.1 Å². The van der Waals surface area contributed by atoms with E-state index in [4.69, 9.17) is 10.4 Å². The van der Waals surface area contributed by atoms with Crippen molar-refractivity contribution in [2.24, 2.45) is 0 Å². The van der Waals surface area contributed by atoms with Gasteiger partial charge in [0.1, 0.15) is 0 Å². The molecular weight excluding hydrogens is 278 g/mol. The Labute approximate surface area is 108 Å². The Kier molecular flexibility index (Phi) is 3.58. The van der Waals surface area contributed by atoms with Crippen LogP contribution >= 0.6 is 15.9 Å². The molecule has 0 bridgehead atoms. The van der Waals surface area contributed by atoms with Crippen molar-refractivity contribution in [3.63, 3.8) is 0 Å². The fourth-order valence-electron chi connectivity index (χ4n) is 1.67. The van der Waals surface area contributed by atoms with E-state index in [0.717, 1.165) is 21.2 Å². The molecule has 0 saturated carbocycles. The fourth-order valence-corrected chi connectivity index (χ4v) is 2.16. The van der Waals surface area contributed by atoms with Gasteiger partial charge in [-0.15, -0.1) is 0 Å². The van der Waals surface area contributed by atoms with E-state index in [2.05, 4.69) is 22.0 Å². The van der Waals surface area contributed by atoms with E-state index in [-0.39, 0.29) is 6.61 Å². The number of rotatable bonds is 2. The lowest BCUT2D eigenvalue weighted by Crippen LogP contribution is -1.85. The Balaban J connectivity index is 2.52. The van der Waals surface area contributed by atoms with Crippen molar-refractivity contribution in [2.75, 3.05) is 0 Å². The Morgan fingerprint density at radius 1 is 1.12 bits per heavy atom. The molecule has 0 heterocycles. The number of nitrogens with zero attached hydrogens (tertiary/aromatic N) is 1. The van der Waals surface area contributed by atoms with Gasteiger partial charge in [-0.05, 0) is 41.0 Å². The second kappa shape index (κ2) is 5.13. The minimum absolute atomic E-state index is 0.0208. The molecule has 0 aliphatic heterocycles. The maximum atomic E-state index is 9.10. The summed E-state index contributed by atoms with van der Waals surface area (Å²) in [6.45, 7) is 0.0208. The molecule has 0 aromatic heterocycles. The molecule has 0 atom stereocenters. The van der Waals surface area contributed by atoms with Gasteiger partial charge in [0.05, 0.1) is 18.2 Å². The summed E-state index contributed by atoms with van der Waals surface area (Å²) in [5.41, 5.74) is 3.44. The second-order valence-corrected chi connectivity index (χ2v) is 4.61. The van der Waals surface area contributed by atoms with Crippen LogP contribution in [0.15, 0.2) is 46.9 Å². The highest BCUT2D eigenvalue weighted by atomic mass is 79.9. The van der Waals surface area contributed by atoms with Gasteiger partial charge in [-0.25, -0.2) is 0 Å². The first kappa shape index (κ1) is 11.8. The lowest BCUT2D eigenvalue weighted by atomic mass is 10.0. The number of hydrogen-bond donors (Lipinski definition) is 1. The van der Waals surface area contributed by atoms with Crippen LogP contribution in [-0.4, -0.2) is 5.11 Å². The van der Waals surface area contributed by atoms with Gasteiger partial charge < -0.3 is 5.11 Å². The molecule has 2 aromatic rings. The van der Waals surface area contributed by atoms with Crippen LogP contribution in [0.3, 0.4) is 0 Å². The van der Waals surface area contributed by atoms with Gasteiger partial charge in [0.25, 0.3) is 0 Å². The summed E-state index contributed by atoms with van der Waals surface area (Å²) in [6, 6.07) is 15.3. The molecule has 0 amide bonds. The molecule has 3 heteroatoms. The molecular formula is C14H10BrNO. The van der Waals surface area contributed by atoms with Crippen molar-refractivity contribution in [1.29, 1.82) is 5.26 Å². The number of aliphatic hydroxyl groups is 1. The molecule has 0 unspecified atom stereocenters. The Hall–Kier alpha value is -1.63. The van der Waals surface area contributed by atoms with Gasteiger partial charge in [-0.2, -0.15) is 5.26 Å². The van der Waals surface area contributed by atoms with E-state index in [1.165, 1.54) is 0 Å². The maximum absolute atomic E-state index is 9.10. The zero-order chi connectivity index (χ0) is 12.3. The van der Waals surface area contributed by atoms with E-state index in [9.17, 15) is 0 Å². The van der Waals surface area contributed by atoms with Gasteiger partial charge in [0, 0.05) is 4.47 Å². The third-order valence-electron chi connectivity index (χ3n) is 2.47. The summed E-state index contributed by atoms with van der Waals surface area (Å²) < 4.78 is 0.876. The summed E-state index contributed by atoms with van der Waals surface area (Å²) in [7, 11) is 0. The topological polar surface area (TPSA) is 44.0 Å². The van der Waals surface area contributed by atoms with Crippen LogP contribution in [0.1, 0.15) is 11.1 Å². The minimum atomic E-state index is 0.0208. The highest BCUT2D eigenvalue weighted by Gasteiger charge is 2.02. The molecule has 2 aromatic carbocycles. The number of hydrogen-bond acceptors (Lipinski definition) is 2. The quantitative estimate of drug-likeness (QED) is 0.919. The van der Waals surface area contributed by atoms with Crippen LogP contribution in [0.2, 0.25) is 0 Å². The van der Waals surface area contributed by atoms with Crippen molar-refractivity contribution in [2.45, 2.75) is 6.61 Å². The smallest absolute Gasteiger partial charge is 0.0992 e. The van der Waals surface area contributed by atoms with Crippen molar-refractivity contribution >= 4 is 15.9 Å². The van der Waals surface area contributed by atoms with Crippen LogP contribution in [0.4, 0.5) is 0 Å². The Morgan fingerprint density at radius 2 is 1.94 bits per heavy atom. The van der Waals surface area contributed by atoms with Crippen LogP contribution < -0.4 is 0 Å². The molecule has 0 aliphatic carbocycles. The predicted molar refractivity (Wildman–Crippen MR) is 70.2 cm³/mol. The van der Waals surface area contributed by atoms with E-state index in [1.54, 1.807) is 6.07 Å². The molecule has 0 spiro atoms. The molecule has 0 saturated heterocycles. The average molecular weight is 288 g/mol. The van der Waals surface area contributed by atoms with Crippen LogP contribution in [0.25, 0.3) is 11.1 Å². The largest absolute Gasteiger partial charge is 0.392 e. The third-order valence-corrected chi connectivity index (χ3v) is 2.93. The molecule has 0 aliphatic rings. The van der Waals surface area contributed by atoms with Crippen LogP contribution in [0, 0.1) is 11.3 Å². The molecule has 2 nitrogen and oxygen atoms in total. The zero-order valence-electron chi connectivity index (χ0n) is 9.02. The van der Waals surface area contributed by atoms with Gasteiger partial charge in [0.15, 0.2) is 0 Å². The van der Waals surface area contributed by atoms with E-state index >= 15 is 0 Å². The maximum Gasteiger partial charge on any atom is 0.0992 e. The number of benzene rings is 2. The highest BCUT2D eigenvalue weighted by molar-refractivity contribution is 9.10. The van der Waals surface area contributed by atoms with Gasteiger partial charge >= 0.3 is 0 Å². The second-order valence-electron chi connectivity index (χ2n) is 3.70. The fraction of sp³-hybridized carbons (Fsp3) is 0.0714. The lowest BCUT2D eigenvalue weighted by Gasteiger charge is -2.05. The summed E-state index contributed by atoms with van der Waals surface area (Å²) in [4.78, 5) is 0. The van der Waals surface area contributed by atoms with Crippen molar-refractivity contribution in [1.82, 2.24) is 0 Å². The molecule has 84 valence electrons. The van der Waals surface area contributed by atoms with Gasteiger partial charge in [0.2, 0.25) is 0 Å². The van der Waals surface area contributed by atoms with Gasteiger partial charge in [-0.3, -0.25) is 0 Å². The Bertz CT molecular complexity index is 587. The normalized spacial score (nSPS) is 9.94. The summed E-state index contributed by atoms with van der Waals surface area (Å²) in [5, 5.41) is 18.0. The number of nitriles is 1. The SMILES string of the molecule is N#Cc1cc(Br)cc(-c2cccc(CO)c2)c1. The first-order chi connectivity index (χ1) is 8.22. The summed E-state index contributed by atoms with van der Waals surface area (Å²) in [5.74, 6) is 0. The van der Waals surface area contributed by atoms with E-state index in [1.807, 2.05) is 36.4 Å². The van der Waals surface area contributed by atoms with E-state index < -0.39 is 0 Å². The number of halogens is 1. The van der Waals surface area contributed by atoms with Crippen molar-refractivity contribution in [3.05, 3.63) is 58.1 Å². The van der Waals surface area contributed by atoms with Crippen molar-refractivity contribution in [3.8, 4) is 17.2 Å². The molecule has 0 fully saturated rings. The number of aliphatic hydroxyl groups excluding tert-OH is 1. The predicted octanol–water partition coefficient (Wildman–Crippen LogP) is 3.48. The van der Waals surface area contributed by atoms with Crippen molar-refractivity contribution < 1.29 is 5.11 Å². The van der Waals surface area contributed by atoms with Crippen LogP contribution in [0.5, 0.6) is 0 Å². The van der Waals surface area contributed by atoms with E-state index in [0.29, 0.717) is 5.56 Å². The first-order valence-corrected chi connectivity index (χ1v) is 5.93. The monoisotopic (exact) mass is 287 g/mol. The highest BCUT2D eigenvalue weighted by Crippen LogP contribution is 2.25. The summed E-state index contributed by atoms with van der Waals surface area (Å²) in [6.07, 6.45) is 0. The molecule has 2 rings (SSSR count). The third kappa shape index (κ3) is 2.73. The molecule has 0 radical (unpaired) electrons. The Morgan fingerprint density at radius 3 is 2.65 bits per heavy atom. The first-order valence-electron chi connectivity index (χ1n) is 5.14. The molecule has 17 heavy (non-hydrogen) atoms. The molecule has 1 N–H and O–H groups in total. The zero-order valence-corrected chi connectivity index (χ0v) is 10.6.